The number of para-hydroxylation sites is 1. The largest absolute Gasteiger partial charge is 0.493 e. The Morgan fingerprint density at radius 1 is 0.939 bits per heavy atom. The van der Waals surface area contributed by atoms with Crippen molar-refractivity contribution in [3.05, 3.63) is 94.5 Å². The normalized spacial score (nSPS) is 10.8. The van der Waals surface area contributed by atoms with Crippen LogP contribution in [0.2, 0.25) is 5.02 Å². The lowest BCUT2D eigenvalue weighted by molar-refractivity contribution is 0.0955. The Morgan fingerprint density at radius 3 is 2.45 bits per heavy atom. The van der Waals surface area contributed by atoms with Crippen LogP contribution in [-0.2, 0) is 6.61 Å². The van der Waals surface area contributed by atoms with Gasteiger partial charge in [-0.25, -0.2) is 5.43 Å². The number of hydrogen-bond acceptors (Lipinski definition) is 4. The second-order valence-corrected chi connectivity index (χ2v) is 8.02. The van der Waals surface area contributed by atoms with E-state index >= 15 is 0 Å². The van der Waals surface area contributed by atoms with E-state index in [2.05, 4.69) is 17.5 Å². The van der Waals surface area contributed by atoms with Crippen molar-refractivity contribution in [3.63, 3.8) is 0 Å². The average Bonchev–Trinajstić information content (AvgIpc) is 2.84. The van der Waals surface area contributed by atoms with Crippen LogP contribution in [0, 0.1) is 0 Å². The fraction of sp³-hybridized carbons (Fsp3) is 0.259. The van der Waals surface area contributed by atoms with Gasteiger partial charge in [0.1, 0.15) is 18.1 Å². The summed E-state index contributed by atoms with van der Waals surface area (Å²) < 4.78 is 11.6. The molecule has 0 atom stereocenters. The monoisotopic (exact) mass is 464 g/mol. The van der Waals surface area contributed by atoms with E-state index in [1.54, 1.807) is 30.5 Å². The lowest BCUT2D eigenvalue weighted by Crippen LogP contribution is -2.17. The maximum absolute atomic E-state index is 12.4. The number of unbranched alkanes of at least 4 members (excludes halogenated alkanes) is 3. The third-order valence-corrected chi connectivity index (χ3v) is 5.23. The van der Waals surface area contributed by atoms with Gasteiger partial charge in [-0.15, -0.1) is 0 Å². The molecule has 1 N–H and O–H groups in total. The maximum Gasteiger partial charge on any atom is 0.271 e. The number of carbonyl (C=O) groups is 1. The van der Waals surface area contributed by atoms with Crippen LogP contribution in [0.1, 0.15) is 54.1 Å². The number of nitrogens with one attached hydrogen (secondary N) is 1. The van der Waals surface area contributed by atoms with Crippen molar-refractivity contribution in [2.45, 2.75) is 39.2 Å². The Hall–Kier alpha value is -3.31. The van der Waals surface area contributed by atoms with Crippen molar-refractivity contribution >= 4 is 23.7 Å². The highest BCUT2D eigenvalue weighted by Gasteiger charge is 2.06. The molecule has 6 heteroatoms. The molecule has 0 aliphatic carbocycles. The maximum atomic E-state index is 12.4. The van der Waals surface area contributed by atoms with Crippen LogP contribution in [0.15, 0.2) is 77.9 Å². The number of amides is 1. The number of rotatable bonds is 12. The number of hydrazone groups is 1. The summed E-state index contributed by atoms with van der Waals surface area (Å²) in [5.74, 6) is 1.14. The summed E-state index contributed by atoms with van der Waals surface area (Å²) in [6, 6.07) is 22.1. The van der Waals surface area contributed by atoms with E-state index in [-0.39, 0.29) is 5.91 Å². The van der Waals surface area contributed by atoms with Gasteiger partial charge >= 0.3 is 0 Å². The molecule has 0 radical (unpaired) electrons. The number of nitrogens with zero attached hydrogens (tertiary/aromatic N) is 1. The Kier molecular flexibility index (Phi) is 9.80. The van der Waals surface area contributed by atoms with Crippen molar-refractivity contribution in [3.8, 4) is 11.5 Å². The van der Waals surface area contributed by atoms with Crippen molar-refractivity contribution < 1.29 is 14.3 Å². The molecule has 0 fully saturated rings. The smallest absolute Gasteiger partial charge is 0.271 e. The summed E-state index contributed by atoms with van der Waals surface area (Å²) in [5.41, 5.74) is 4.89. The standard InChI is InChI=1S/C27H29ClN2O3/c1-2-3-4-7-18-32-26-9-6-5-8-23(26)19-29-30-27(31)22-12-16-25(17-13-22)33-20-21-10-14-24(28)15-11-21/h5-6,8-17,19H,2-4,7,18,20H2,1H3,(H,30,31)/b29-19-. The minimum atomic E-state index is -0.298. The summed E-state index contributed by atoms with van der Waals surface area (Å²) in [6.45, 7) is 3.28. The molecule has 5 nitrogen and oxygen atoms in total. The lowest BCUT2D eigenvalue weighted by Gasteiger charge is -2.09. The molecule has 0 aromatic heterocycles. The summed E-state index contributed by atoms with van der Waals surface area (Å²) >= 11 is 5.89. The molecule has 0 unspecified atom stereocenters. The van der Waals surface area contributed by atoms with E-state index in [4.69, 9.17) is 21.1 Å². The third-order valence-electron chi connectivity index (χ3n) is 4.98. The fourth-order valence-electron chi connectivity index (χ4n) is 3.10. The molecule has 0 heterocycles. The minimum absolute atomic E-state index is 0.298. The number of hydrogen-bond donors (Lipinski definition) is 1. The van der Waals surface area contributed by atoms with Gasteiger partial charge in [0, 0.05) is 16.1 Å². The van der Waals surface area contributed by atoms with Crippen LogP contribution in [0.4, 0.5) is 0 Å². The quantitative estimate of drug-likeness (QED) is 0.185. The van der Waals surface area contributed by atoms with E-state index in [0.717, 1.165) is 29.7 Å². The molecule has 0 saturated carbocycles. The van der Waals surface area contributed by atoms with Gasteiger partial charge in [-0.3, -0.25) is 4.79 Å². The van der Waals surface area contributed by atoms with Gasteiger partial charge in [0.05, 0.1) is 12.8 Å². The molecule has 172 valence electrons. The zero-order valence-corrected chi connectivity index (χ0v) is 19.6. The van der Waals surface area contributed by atoms with Crippen molar-refractivity contribution in [2.75, 3.05) is 6.61 Å². The predicted octanol–water partition coefficient (Wildman–Crippen LogP) is 6.64. The van der Waals surface area contributed by atoms with Gasteiger partial charge in [-0.2, -0.15) is 5.10 Å². The first-order valence-corrected chi connectivity index (χ1v) is 11.6. The van der Waals surface area contributed by atoms with Crippen LogP contribution in [0.3, 0.4) is 0 Å². The van der Waals surface area contributed by atoms with E-state index in [9.17, 15) is 4.79 Å². The van der Waals surface area contributed by atoms with Crippen LogP contribution in [-0.4, -0.2) is 18.7 Å². The second-order valence-electron chi connectivity index (χ2n) is 7.59. The average molecular weight is 465 g/mol. The predicted molar refractivity (Wildman–Crippen MR) is 133 cm³/mol. The number of benzene rings is 3. The highest BCUT2D eigenvalue weighted by Crippen LogP contribution is 2.17. The van der Waals surface area contributed by atoms with Gasteiger partial charge in [0.2, 0.25) is 0 Å². The summed E-state index contributed by atoms with van der Waals surface area (Å²) in [4.78, 5) is 12.4. The van der Waals surface area contributed by atoms with Crippen LogP contribution >= 0.6 is 11.6 Å². The number of ether oxygens (including phenoxy) is 2. The first kappa shape index (κ1) is 24.3. The summed E-state index contributed by atoms with van der Waals surface area (Å²) in [7, 11) is 0. The Bertz CT molecular complexity index is 1030. The molecule has 0 saturated heterocycles. The van der Waals surface area contributed by atoms with Gasteiger partial charge in [0.15, 0.2) is 0 Å². The topological polar surface area (TPSA) is 59.9 Å². The first-order valence-electron chi connectivity index (χ1n) is 11.2. The third kappa shape index (κ3) is 8.28. The fourth-order valence-corrected chi connectivity index (χ4v) is 3.23. The Labute approximate surface area is 200 Å². The molecule has 3 rings (SSSR count). The zero-order valence-electron chi connectivity index (χ0n) is 18.8. The van der Waals surface area contributed by atoms with Crippen LogP contribution < -0.4 is 14.9 Å². The first-order chi connectivity index (χ1) is 16.2. The van der Waals surface area contributed by atoms with Gasteiger partial charge < -0.3 is 9.47 Å². The summed E-state index contributed by atoms with van der Waals surface area (Å²) in [6.07, 6.45) is 6.20. The Morgan fingerprint density at radius 2 is 1.70 bits per heavy atom. The van der Waals surface area contributed by atoms with Crippen LogP contribution in [0.5, 0.6) is 11.5 Å². The molecule has 3 aromatic carbocycles. The molecule has 0 bridgehead atoms. The minimum Gasteiger partial charge on any atom is -0.493 e. The lowest BCUT2D eigenvalue weighted by atomic mass is 10.2. The van der Waals surface area contributed by atoms with E-state index in [0.29, 0.717) is 29.5 Å². The number of carbonyl (C=O) groups excluding carboxylic acids is 1. The highest BCUT2D eigenvalue weighted by atomic mass is 35.5. The van der Waals surface area contributed by atoms with E-state index < -0.39 is 0 Å². The SMILES string of the molecule is CCCCCCOc1ccccc1/C=N\NC(=O)c1ccc(OCc2ccc(Cl)cc2)cc1. The molecule has 1 amide bonds. The van der Waals surface area contributed by atoms with Gasteiger partial charge in [-0.05, 0) is 60.5 Å². The highest BCUT2D eigenvalue weighted by molar-refractivity contribution is 6.30. The van der Waals surface area contributed by atoms with Gasteiger partial charge in [-0.1, -0.05) is 62.1 Å². The summed E-state index contributed by atoms with van der Waals surface area (Å²) in [5, 5.41) is 4.79. The molecule has 0 aliphatic heterocycles. The van der Waals surface area contributed by atoms with Crippen molar-refractivity contribution in [1.29, 1.82) is 0 Å². The van der Waals surface area contributed by atoms with E-state index in [1.165, 1.54) is 12.8 Å². The Balaban J connectivity index is 1.48. The van der Waals surface area contributed by atoms with Crippen molar-refractivity contribution in [2.24, 2.45) is 5.10 Å². The second kappa shape index (κ2) is 13.3. The molecular weight excluding hydrogens is 436 g/mol. The van der Waals surface area contributed by atoms with Gasteiger partial charge in [0.25, 0.3) is 5.91 Å². The molecule has 33 heavy (non-hydrogen) atoms. The molecular formula is C27H29ClN2O3. The molecule has 3 aromatic rings. The number of halogens is 1. The zero-order chi connectivity index (χ0) is 23.3. The molecule has 0 spiro atoms. The van der Waals surface area contributed by atoms with Crippen LogP contribution in [0.25, 0.3) is 0 Å². The van der Waals surface area contributed by atoms with E-state index in [1.807, 2.05) is 48.5 Å². The molecule has 0 aliphatic rings. The van der Waals surface area contributed by atoms with Crippen molar-refractivity contribution in [1.82, 2.24) is 5.43 Å².